The minimum Gasteiger partial charge on any atom is -0.497 e. The van der Waals surface area contributed by atoms with Crippen LogP contribution in [0, 0.1) is 10.6 Å². The zero-order valence-electron chi connectivity index (χ0n) is 12.7. The number of carbonyl (C=O) groups excluding carboxylic acids is 1. The lowest BCUT2D eigenvalue weighted by molar-refractivity contribution is 0.102. The third kappa shape index (κ3) is 3.21. The van der Waals surface area contributed by atoms with E-state index in [0.717, 1.165) is 0 Å². The molecule has 7 heteroatoms. The van der Waals surface area contributed by atoms with Crippen LogP contribution >= 0.6 is 12.2 Å². The van der Waals surface area contributed by atoms with Crippen molar-refractivity contribution in [3.8, 4) is 11.4 Å². The van der Waals surface area contributed by atoms with Gasteiger partial charge in [0.1, 0.15) is 17.3 Å². The van der Waals surface area contributed by atoms with E-state index in [2.05, 4.69) is 10.3 Å². The van der Waals surface area contributed by atoms with Gasteiger partial charge in [-0.3, -0.25) is 9.36 Å². The van der Waals surface area contributed by atoms with Gasteiger partial charge in [0.2, 0.25) is 0 Å². The Labute approximate surface area is 142 Å². The van der Waals surface area contributed by atoms with Crippen LogP contribution in [0.1, 0.15) is 10.5 Å². The van der Waals surface area contributed by atoms with Gasteiger partial charge in [-0.05, 0) is 48.6 Å². The molecule has 3 aromatic rings. The van der Waals surface area contributed by atoms with Crippen molar-refractivity contribution < 1.29 is 13.9 Å². The Morgan fingerprint density at radius 2 is 2.00 bits per heavy atom. The highest BCUT2D eigenvalue weighted by Crippen LogP contribution is 2.19. The fourth-order valence-electron chi connectivity index (χ4n) is 2.28. The van der Waals surface area contributed by atoms with Crippen LogP contribution in [0.4, 0.5) is 10.1 Å². The standard InChI is InChI=1S/C17H14FN3O2S/c1-23-14-4-2-3-12(9-14)20-16(22)15-10-19-17(24)21(15)13-7-5-11(18)6-8-13/h2-10H,1H3,(H,19,24)(H,20,22). The largest absolute Gasteiger partial charge is 0.497 e. The first-order chi connectivity index (χ1) is 11.6. The summed E-state index contributed by atoms with van der Waals surface area (Å²) in [4.78, 5) is 15.4. The molecule has 1 aromatic heterocycles. The number of ether oxygens (including phenoxy) is 1. The highest BCUT2D eigenvalue weighted by molar-refractivity contribution is 7.71. The van der Waals surface area contributed by atoms with E-state index in [-0.39, 0.29) is 11.7 Å². The van der Waals surface area contributed by atoms with E-state index in [1.807, 2.05) is 0 Å². The van der Waals surface area contributed by atoms with Crippen molar-refractivity contribution in [2.24, 2.45) is 0 Å². The fourth-order valence-corrected chi connectivity index (χ4v) is 2.54. The first kappa shape index (κ1) is 15.9. The number of anilines is 1. The lowest BCUT2D eigenvalue weighted by Gasteiger charge is -2.10. The van der Waals surface area contributed by atoms with Crippen LogP contribution in [0.3, 0.4) is 0 Å². The van der Waals surface area contributed by atoms with Crippen molar-refractivity contribution in [2.45, 2.75) is 0 Å². The number of methoxy groups -OCH3 is 1. The van der Waals surface area contributed by atoms with Crippen LogP contribution in [0.15, 0.2) is 54.7 Å². The van der Waals surface area contributed by atoms with Gasteiger partial charge in [0, 0.05) is 23.6 Å². The number of amides is 1. The first-order valence-electron chi connectivity index (χ1n) is 7.10. The summed E-state index contributed by atoms with van der Waals surface area (Å²) in [6, 6.07) is 12.8. The number of rotatable bonds is 4. The van der Waals surface area contributed by atoms with Gasteiger partial charge in [0.25, 0.3) is 5.91 Å². The van der Waals surface area contributed by atoms with E-state index in [9.17, 15) is 9.18 Å². The molecule has 0 fully saturated rings. The van der Waals surface area contributed by atoms with Crippen molar-refractivity contribution >= 4 is 23.8 Å². The van der Waals surface area contributed by atoms with Crippen LogP contribution in [0.25, 0.3) is 5.69 Å². The van der Waals surface area contributed by atoms with Gasteiger partial charge < -0.3 is 15.0 Å². The van der Waals surface area contributed by atoms with Gasteiger partial charge >= 0.3 is 0 Å². The van der Waals surface area contributed by atoms with Crippen LogP contribution < -0.4 is 10.1 Å². The molecule has 0 unspecified atom stereocenters. The molecule has 122 valence electrons. The van der Waals surface area contributed by atoms with Gasteiger partial charge in [0.15, 0.2) is 4.77 Å². The molecule has 0 bridgehead atoms. The summed E-state index contributed by atoms with van der Waals surface area (Å²) >= 11 is 5.22. The summed E-state index contributed by atoms with van der Waals surface area (Å²) in [5, 5.41) is 2.79. The van der Waals surface area contributed by atoms with Crippen molar-refractivity contribution in [1.82, 2.24) is 9.55 Å². The number of aromatic nitrogens is 2. The Kier molecular flexibility index (Phi) is 4.43. The Morgan fingerprint density at radius 1 is 1.25 bits per heavy atom. The number of nitrogens with one attached hydrogen (secondary N) is 2. The number of benzene rings is 2. The SMILES string of the molecule is COc1cccc(NC(=O)c2c[nH]c(=S)n2-c2ccc(F)cc2)c1. The lowest BCUT2D eigenvalue weighted by Crippen LogP contribution is -2.16. The van der Waals surface area contributed by atoms with E-state index in [0.29, 0.717) is 27.6 Å². The molecule has 3 rings (SSSR count). The molecule has 0 saturated heterocycles. The Bertz CT molecular complexity index is 932. The monoisotopic (exact) mass is 343 g/mol. The second-order valence-corrected chi connectivity index (χ2v) is 5.36. The molecule has 5 nitrogen and oxygen atoms in total. The van der Waals surface area contributed by atoms with Crippen molar-refractivity contribution in [3.63, 3.8) is 0 Å². The molecule has 1 heterocycles. The quantitative estimate of drug-likeness (QED) is 0.706. The highest BCUT2D eigenvalue weighted by atomic mass is 32.1. The average molecular weight is 343 g/mol. The zero-order valence-corrected chi connectivity index (χ0v) is 13.6. The number of H-pyrrole nitrogens is 1. The van der Waals surface area contributed by atoms with Crippen molar-refractivity contribution in [2.75, 3.05) is 12.4 Å². The molecule has 2 N–H and O–H groups in total. The number of hydrogen-bond acceptors (Lipinski definition) is 3. The normalized spacial score (nSPS) is 10.4. The summed E-state index contributed by atoms with van der Waals surface area (Å²) < 4.78 is 20.1. The van der Waals surface area contributed by atoms with Crippen LogP contribution in [-0.2, 0) is 0 Å². The molecule has 2 aromatic carbocycles. The van der Waals surface area contributed by atoms with E-state index in [1.54, 1.807) is 48.1 Å². The molecular formula is C17H14FN3O2S. The van der Waals surface area contributed by atoms with Crippen LogP contribution in [0.2, 0.25) is 0 Å². The van der Waals surface area contributed by atoms with Crippen LogP contribution in [-0.4, -0.2) is 22.6 Å². The topological polar surface area (TPSA) is 59.0 Å². The number of aromatic amines is 1. The molecule has 0 atom stereocenters. The summed E-state index contributed by atoms with van der Waals surface area (Å²) in [5.74, 6) is -0.0691. The molecule has 0 aliphatic rings. The van der Waals surface area contributed by atoms with Gasteiger partial charge in [-0.1, -0.05) is 6.07 Å². The van der Waals surface area contributed by atoms with E-state index < -0.39 is 0 Å². The van der Waals surface area contributed by atoms with E-state index >= 15 is 0 Å². The maximum atomic E-state index is 13.1. The third-order valence-electron chi connectivity index (χ3n) is 3.42. The zero-order chi connectivity index (χ0) is 17.1. The number of hydrogen-bond donors (Lipinski definition) is 2. The smallest absolute Gasteiger partial charge is 0.274 e. The number of halogens is 1. The number of nitrogens with zero attached hydrogens (tertiary/aromatic N) is 1. The summed E-state index contributed by atoms with van der Waals surface area (Å²) in [7, 11) is 1.55. The lowest BCUT2D eigenvalue weighted by atomic mass is 10.2. The second kappa shape index (κ2) is 6.67. The molecular weight excluding hydrogens is 329 g/mol. The average Bonchev–Trinajstić information content (AvgIpc) is 2.97. The van der Waals surface area contributed by atoms with Crippen LogP contribution in [0.5, 0.6) is 5.75 Å². The Balaban J connectivity index is 1.93. The summed E-state index contributed by atoms with van der Waals surface area (Å²) in [6.07, 6.45) is 1.52. The predicted octanol–water partition coefficient (Wildman–Crippen LogP) is 3.93. The van der Waals surface area contributed by atoms with Gasteiger partial charge in [0.05, 0.1) is 7.11 Å². The van der Waals surface area contributed by atoms with E-state index in [1.165, 1.54) is 18.3 Å². The Morgan fingerprint density at radius 3 is 2.71 bits per heavy atom. The van der Waals surface area contributed by atoms with Gasteiger partial charge in [-0.15, -0.1) is 0 Å². The third-order valence-corrected chi connectivity index (χ3v) is 3.72. The fraction of sp³-hybridized carbons (Fsp3) is 0.0588. The maximum absolute atomic E-state index is 13.1. The number of imidazole rings is 1. The molecule has 0 radical (unpaired) electrons. The van der Waals surface area contributed by atoms with Crippen molar-refractivity contribution in [1.29, 1.82) is 0 Å². The molecule has 0 saturated carbocycles. The number of carbonyl (C=O) groups is 1. The summed E-state index contributed by atoms with van der Waals surface area (Å²) in [6.45, 7) is 0. The Hall–Kier alpha value is -2.93. The molecule has 0 spiro atoms. The van der Waals surface area contributed by atoms with Gasteiger partial charge in [-0.25, -0.2) is 4.39 Å². The van der Waals surface area contributed by atoms with Crippen molar-refractivity contribution in [3.05, 3.63) is 71.0 Å². The summed E-state index contributed by atoms with van der Waals surface area (Å²) in [5.41, 5.74) is 1.50. The predicted molar refractivity (Wildman–Crippen MR) is 91.9 cm³/mol. The van der Waals surface area contributed by atoms with Gasteiger partial charge in [-0.2, -0.15) is 0 Å². The highest BCUT2D eigenvalue weighted by Gasteiger charge is 2.15. The molecule has 24 heavy (non-hydrogen) atoms. The molecule has 0 aliphatic carbocycles. The van der Waals surface area contributed by atoms with E-state index in [4.69, 9.17) is 17.0 Å². The molecule has 0 aliphatic heterocycles. The first-order valence-corrected chi connectivity index (χ1v) is 7.51. The second-order valence-electron chi connectivity index (χ2n) is 4.98. The minimum atomic E-state index is -0.358. The maximum Gasteiger partial charge on any atom is 0.274 e. The molecule has 1 amide bonds. The minimum absolute atomic E-state index is 0.314.